The molecule has 7 heteroatoms. The maximum absolute atomic E-state index is 13.9. The predicted molar refractivity (Wildman–Crippen MR) is 122 cm³/mol. The molecule has 0 atom stereocenters. The molecule has 0 radical (unpaired) electrons. The zero-order valence-electron chi connectivity index (χ0n) is 17.6. The summed E-state index contributed by atoms with van der Waals surface area (Å²) < 4.78 is 19.3. The number of guanidine groups is 1. The van der Waals surface area contributed by atoms with Crippen molar-refractivity contribution in [2.45, 2.75) is 25.7 Å². The molecule has 2 aromatic carbocycles. The van der Waals surface area contributed by atoms with Gasteiger partial charge in [-0.1, -0.05) is 47.6 Å². The monoisotopic (exact) mass is 421 g/mol. The zero-order chi connectivity index (χ0) is 21.5. The Balaban J connectivity index is 1.25. The second kappa shape index (κ2) is 10.2. The lowest BCUT2D eigenvalue weighted by atomic mass is 10.0. The average Bonchev–Trinajstić information content (AvgIpc) is 3.45. The number of nitrogens with two attached hydrogens (primary N) is 1. The van der Waals surface area contributed by atoms with Crippen LogP contribution >= 0.6 is 0 Å². The standard InChI is InChI=1S/C24H28FN5O/c25-22-6-2-1-5-21(22)19-10-7-18(8-11-19)9-12-20-17-23(31-29-20)28-24(26)27-13-16-30-14-3-4-15-30/h1-2,5-8,10-11,17H,3-4,9,12-16H2,(H3,26,27,28). The van der Waals surface area contributed by atoms with Crippen LogP contribution in [0.3, 0.4) is 0 Å². The van der Waals surface area contributed by atoms with Gasteiger partial charge in [0.15, 0.2) is 5.96 Å². The van der Waals surface area contributed by atoms with Crippen molar-refractivity contribution in [3.63, 3.8) is 0 Å². The fourth-order valence-electron chi connectivity index (χ4n) is 3.79. The van der Waals surface area contributed by atoms with E-state index in [1.54, 1.807) is 12.1 Å². The smallest absolute Gasteiger partial charge is 0.231 e. The minimum atomic E-state index is -0.211. The van der Waals surface area contributed by atoms with E-state index in [0.717, 1.165) is 49.3 Å². The van der Waals surface area contributed by atoms with Gasteiger partial charge in [0.1, 0.15) is 5.82 Å². The number of hydrogen-bond acceptors (Lipinski definition) is 4. The number of anilines is 1. The van der Waals surface area contributed by atoms with Crippen LogP contribution in [0.25, 0.3) is 11.1 Å². The molecule has 1 aliphatic heterocycles. The van der Waals surface area contributed by atoms with Crippen molar-refractivity contribution in [3.8, 4) is 11.1 Å². The number of aliphatic imine (C=N–C) groups is 1. The highest BCUT2D eigenvalue weighted by Gasteiger charge is 2.10. The molecule has 1 aliphatic rings. The first kappa shape index (κ1) is 21.1. The minimum Gasteiger partial charge on any atom is -0.370 e. The first-order valence-corrected chi connectivity index (χ1v) is 10.8. The molecule has 1 aromatic heterocycles. The fourth-order valence-corrected chi connectivity index (χ4v) is 3.79. The highest BCUT2D eigenvalue weighted by molar-refractivity contribution is 5.90. The molecule has 31 heavy (non-hydrogen) atoms. The number of halogens is 1. The van der Waals surface area contributed by atoms with E-state index in [1.165, 1.54) is 18.9 Å². The second-order valence-electron chi connectivity index (χ2n) is 7.80. The Hall–Kier alpha value is -3.19. The Kier molecular flexibility index (Phi) is 6.94. The molecule has 6 nitrogen and oxygen atoms in total. The van der Waals surface area contributed by atoms with Crippen LogP contribution in [0.2, 0.25) is 0 Å². The largest absolute Gasteiger partial charge is 0.370 e. The maximum atomic E-state index is 13.9. The molecular formula is C24H28FN5O. The van der Waals surface area contributed by atoms with Crippen LogP contribution < -0.4 is 11.1 Å². The summed E-state index contributed by atoms with van der Waals surface area (Å²) in [6.45, 7) is 3.91. The van der Waals surface area contributed by atoms with Gasteiger partial charge in [-0.15, -0.1) is 0 Å². The van der Waals surface area contributed by atoms with Crippen molar-refractivity contribution in [3.05, 3.63) is 71.7 Å². The van der Waals surface area contributed by atoms with Crippen molar-refractivity contribution in [2.24, 2.45) is 10.7 Å². The predicted octanol–water partition coefficient (Wildman–Crippen LogP) is 4.09. The summed E-state index contributed by atoms with van der Waals surface area (Å²) in [6, 6.07) is 16.6. The number of nitrogens with one attached hydrogen (secondary N) is 1. The van der Waals surface area contributed by atoms with Gasteiger partial charge in [0.25, 0.3) is 0 Å². The Labute approximate surface area is 182 Å². The van der Waals surface area contributed by atoms with Gasteiger partial charge in [0, 0.05) is 18.2 Å². The van der Waals surface area contributed by atoms with Crippen molar-refractivity contribution in [2.75, 3.05) is 31.5 Å². The molecule has 4 rings (SSSR count). The molecule has 3 aromatic rings. The van der Waals surface area contributed by atoms with Gasteiger partial charge in [0.05, 0.1) is 12.2 Å². The summed E-state index contributed by atoms with van der Waals surface area (Å²) >= 11 is 0. The number of hydrogen-bond donors (Lipinski definition) is 2. The number of nitrogens with zero attached hydrogens (tertiary/aromatic N) is 3. The van der Waals surface area contributed by atoms with E-state index in [1.807, 2.05) is 36.4 Å². The molecule has 2 heterocycles. The van der Waals surface area contributed by atoms with Gasteiger partial charge in [-0.05, 0) is 56.0 Å². The number of likely N-dealkylation sites (tertiary alicyclic amines) is 1. The molecular weight excluding hydrogens is 393 g/mol. The molecule has 162 valence electrons. The third-order valence-corrected chi connectivity index (χ3v) is 5.52. The van der Waals surface area contributed by atoms with Gasteiger partial charge >= 0.3 is 0 Å². The number of aromatic nitrogens is 1. The van der Waals surface area contributed by atoms with E-state index in [4.69, 9.17) is 10.3 Å². The molecule has 0 bridgehead atoms. The van der Waals surface area contributed by atoms with E-state index in [9.17, 15) is 4.39 Å². The molecule has 0 aliphatic carbocycles. The summed E-state index contributed by atoms with van der Waals surface area (Å²) in [7, 11) is 0. The Morgan fingerprint density at radius 3 is 2.65 bits per heavy atom. The van der Waals surface area contributed by atoms with Crippen molar-refractivity contribution >= 4 is 11.8 Å². The third kappa shape index (κ3) is 5.92. The van der Waals surface area contributed by atoms with E-state index in [2.05, 4.69) is 20.4 Å². The van der Waals surface area contributed by atoms with Crippen molar-refractivity contribution in [1.29, 1.82) is 0 Å². The van der Waals surface area contributed by atoms with Crippen LogP contribution in [0.15, 0.2) is 64.1 Å². The van der Waals surface area contributed by atoms with Crippen LogP contribution in [0.1, 0.15) is 24.1 Å². The normalized spacial score (nSPS) is 14.8. The van der Waals surface area contributed by atoms with Gasteiger partial charge in [-0.2, -0.15) is 0 Å². The molecule has 1 saturated heterocycles. The number of benzene rings is 2. The fraction of sp³-hybridized carbons (Fsp3) is 0.333. The molecule has 0 saturated carbocycles. The quantitative estimate of drug-likeness (QED) is 0.423. The summed E-state index contributed by atoms with van der Waals surface area (Å²) in [5, 5.41) is 7.06. The topological polar surface area (TPSA) is 79.7 Å². The van der Waals surface area contributed by atoms with E-state index in [-0.39, 0.29) is 5.82 Å². The van der Waals surface area contributed by atoms with E-state index in [0.29, 0.717) is 24.0 Å². The molecule has 3 N–H and O–H groups in total. The molecule has 0 spiro atoms. The minimum absolute atomic E-state index is 0.211. The van der Waals surface area contributed by atoms with Crippen LogP contribution in [0.4, 0.5) is 10.3 Å². The SMILES string of the molecule is NC(=NCCN1CCCC1)Nc1cc(CCc2ccc(-c3ccccc3F)cc2)no1. The molecule has 0 unspecified atom stereocenters. The van der Waals surface area contributed by atoms with Crippen LogP contribution in [-0.2, 0) is 12.8 Å². The highest BCUT2D eigenvalue weighted by atomic mass is 19.1. The summed E-state index contributed by atoms with van der Waals surface area (Å²) in [5.74, 6) is 0.620. The van der Waals surface area contributed by atoms with Gasteiger partial charge in [-0.25, -0.2) is 4.39 Å². The Morgan fingerprint density at radius 1 is 1.10 bits per heavy atom. The first-order valence-electron chi connectivity index (χ1n) is 10.8. The lowest BCUT2D eigenvalue weighted by Gasteiger charge is -2.12. The third-order valence-electron chi connectivity index (χ3n) is 5.52. The Morgan fingerprint density at radius 2 is 1.87 bits per heavy atom. The Bertz CT molecular complexity index is 1010. The summed E-state index contributed by atoms with van der Waals surface area (Å²) in [5.41, 5.74) is 9.42. The van der Waals surface area contributed by atoms with Crippen molar-refractivity contribution < 1.29 is 8.91 Å². The van der Waals surface area contributed by atoms with E-state index >= 15 is 0 Å². The summed E-state index contributed by atoms with van der Waals surface area (Å²) in [6.07, 6.45) is 4.08. The van der Waals surface area contributed by atoms with Crippen LogP contribution in [-0.4, -0.2) is 42.2 Å². The van der Waals surface area contributed by atoms with Crippen LogP contribution in [0.5, 0.6) is 0 Å². The highest BCUT2D eigenvalue weighted by Crippen LogP contribution is 2.23. The van der Waals surface area contributed by atoms with Crippen LogP contribution in [0, 0.1) is 5.82 Å². The van der Waals surface area contributed by atoms with Gasteiger partial charge in [-0.3, -0.25) is 10.3 Å². The number of aryl methyl sites for hydroxylation is 2. The lowest BCUT2D eigenvalue weighted by Crippen LogP contribution is -2.26. The van der Waals surface area contributed by atoms with Crippen molar-refractivity contribution in [1.82, 2.24) is 10.1 Å². The maximum Gasteiger partial charge on any atom is 0.231 e. The average molecular weight is 422 g/mol. The van der Waals surface area contributed by atoms with E-state index < -0.39 is 0 Å². The summed E-state index contributed by atoms with van der Waals surface area (Å²) in [4.78, 5) is 6.75. The molecule has 0 amide bonds. The first-order chi connectivity index (χ1) is 15.2. The zero-order valence-corrected chi connectivity index (χ0v) is 17.6. The molecule has 1 fully saturated rings. The van der Waals surface area contributed by atoms with Gasteiger partial charge in [0.2, 0.25) is 5.88 Å². The number of rotatable bonds is 8. The second-order valence-corrected chi connectivity index (χ2v) is 7.80. The van der Waals surface area contributed by atoms with Gasteiger partial charge < -0.3 is 15.2 Å². The lowest BCUT2D eigenvalue weighted by molar-refractivity contribution is 0.349.